The molecule has 314 valence electrons. The molecular formula is C47H66O10. The van der Waals surface area contributed by atoms with E-state index in [0.717, 1.165) is 37.7 Å². The third-order valence-corrected chi connectivity index (χ3v) is 11.9. The van der Waals surface area contributed by atoms with Gasteiger partial charge in [-0.2, -0.15) is 0 Å². The molecule has 3 saturated heterocycles. The van der Waals surface area contributed by atoms with E-state index in [4.69, 9.17) is 28.8 Å². The van der Waals surface area contributed by atoms with Crippen molar-refractivity contribution in [3.05, 3.63) is 96.7 Å². The molecule has 0 amide bonds. The van der Waals surface area contributed by atoms with Crippen LogP contribution in [0.4, 0.5) is 0 Å². The molecule has 0 aromatic heterocycles. The van der Waals surface area contributed by atoms with Crippen LogP contribution in [-0.4, -0.2) is 94.4 Å². The van der Waals surface area contributed by atoms with Gasteiger partial charge in [-0.15, -0.1) is 0 Å². The van der Waals surface area contributed by atoms with Gasteiger partial charge in [0.15, 0.2) is 6.10 Å². The molecule has 10 heteroatoms. The summed E-state index contributed by atoms with van der Waals surface area (Å²) in [6, 6.07) is 0. The van der Waals surface area contributed by atoms with Gasteiger partial charge < -0.3 is 39.0 Å². The number of allylic oxidation sites excluding steroid dienone is 7. The molecule has 6 heterocycles. The second kappa shape index (κ2) is 22.7. The first-order valence-electron chi connectivity index (χ1n) is 21.2. The molecule has 57 heavy (non-hydrogen) atoms. The number of aliphatic hydroxyl groups is 2. The van der Waals surface area contributed by atoms with E-state index in [1.54, 1.807) is 12.2 Å². The van der Waals surface area contributed by atoms with Gasteiger partial charge >= 0.3 is 11.9 Å². The van der Waals surface area contributed by atoms with E-state index in [2.05, 4.69) is 50.3 Å². The van der Waals surface area contributed by atoms with E-state index < -0.39 is 42.5 Å². The summed E-state index contributed by atoms with van der Waals surface area (Å²) < 4.78 is 31.7. The Kier molecular flexibility index (Phi) is 17.8. The number of fused-ring (bicyclic) bond motifs is 13. The van der Waals surface area contributed by atoms with Crippen LogP contribution >= 0.6 is 0 Å². The smallest absolute Gasteiger partial charge is 0.331 e. The Morgan fingerprint density at radius 2 is 1.49 bits per heavy atom. The van der Waals surface area contributed by atoms with Gasteiger partial charge in [-0.05, 0) is 69.4 Å². The lowest BCUT2D eigenvalue weighted by atomic mass is 9.86. The predicted octanol–water partition coefficient (Wildman–Crippen LogP) is 7.83. The summed E-state index contributed by atoms with van der Waals surface area (Å²) in [6.07, 6.45) is 32.9. The van der Waals surface area contributed by atoms with Crippen molar-refractivity contribution in [2.45, 2.75) is 165 Å². The van der Waals surface area contributed by atoms with Gasteiger partial charge in [-0.25, -0.2) is 4.79 Å². The van der Waals surface area contributed by atoms with E-state index in [1.807, 2.05) is 50.3 Å². The minimum absolute atomic E-state index is 0.0508. The van der Waals surface area contributed by atoms with Gasteiger partial charge in [0.1, 0.15) is 12.2 Å². The molecule has 0 radical (unpaired) electrons. The molecule has 3 N–H and O–H groups in total. The second-order valence-electron chi connectivity index (χ2n) is 16.5. The van der Waals surface area contributed by atoms with Crippen LogP contribution in [0.15, 0.2) is 96.7 Å². The summed E-state index contributed by atoms with van der Waals surface area (Å²) >= 11 is 0. The lowest BCUT2D eigenvalue weighted by Gasteiger charge is -2.39. The number of esters is 1. The second-order valence-corrected chi connectivity index (χ2v) is 16.5. The number of hydrogen-bond donors (Lipinski definition) is 3. The van der Waals surface area contributed by atoms with Gasteiger partial charge in [0.05, 0.1) is 48.8 Å². The van der Waals surface area contributed by atoms with E-state index in [1.165, 1.54) is 6.08 Å². The Morgan fingerprint density at radius 3 is 2.28 bits per heavy atom. The zero-order valence-corrected chi connectivity index (χ0v) is 34.2. The van der Waals surface area contributed by atoms with Crippen LogP contribution < -0.4 is 0 Å². The number of hydrogen-bond acceptors (Lipinski definition) is 9. The SMILES string of the molecule is C/C(=C\C(C)CCCCC(=O)O)C1OC2C=CC1OC(=O)/C=C/C=CC=CC1OC3CC1OC(C=CCC1OC(CC(O)C1C)C(O)C/C=C/CCC=CC2)C3C. The largest absolute Gasteiger partial charge is 0.481 e. The third-order valence-electron chi connectivity index (χ3n) is 11.9. The number of carboxylic acids is 1. The summed E-state index contributed by atoms with van der Waals surface area (Å²) in [5.74, 6) is -0.909. The van der Waals surface area contributed by atoms with Gasteiger partial charge in [0, 0.05) is 37.2 Å². The number of rotatable bonds is 7. The zero-order chi connectivity index (χ0) is 40.7. The molecule has 0 aromatic carbocycles. The zero-order valence-electron chi connectivity index (χ0n) is 34.2. The molecule has 3 fully saturated rings. The minimum atomic E-state index is -0.777. The fourth-order valence-electron chi connectivity index (χ4n) is 8.35. The van der Waals surface area contributed by atoms with Crippen molar-refractivity contribution in [2.75, 3.05) is 0 Å². The Morgan fingerprint density at radius 1 is 0.737 bits per heavy atom. The number of unbranched alkanes of at least 4 members (excludes halogenated alkanes) is 1. The summed E-state index contributed by atoms with van der Waals surface area (Å²) in [5.41, 5.74) is 0.970. The monoisotopic (exact) mass is 790 g/mol. The average molecular weight is 791 g/mol. The first-order valence-corrected chi connectivity index (χ1v) is 21.2. The van der Waals surface area contributed by atoms with E-state index >= 15 is 0 Å². The van der Waals surface area contributed by atoms with Crippen LogP contribution in [0, 0.1) is 17.8 Å². The Bertz CT molecular complexity index is 1540. The number of ether oxygens (including phenoxy) is 5. The normalized spacial score (nSPS) is 38.7. The molecule has 14 atom stereocenters. The molecule has 0 spiro atoms. The number of aliphatic carboxylic acids is 1. The third kappa shape index (κ3) is 13.9. The minimum Gasteiger partial charge on any atom is -0.481 e. The van der Waals surface area contributed by atoms with E-state index in [0.29, 0.717) is 32.1 Å². The summed E-state index contributed by atoms with van der Waals surface area (Å²) in [7, 11) is 0. The molecule has 14 unspecified atom stereocenters. The van der Waals surface area contributed by atoms with Gasteiger partial charge in [0.25, 0.3) is 0 Å². The predicted molar refractivity (Wildman–Crippen MR) is 220 cm³/mol. The fourth-order valence-corrected chi connectivity index (χ4v) is 8.35. The van der Waals surface area contributed by atoms with Gasteiger partial charge in [-0.3, -0.25) is 4.79 Å². The van der Waals surface area contributed by atoms with Gasteiger partial charge in [-0.1, -0.05) is 106 Å². The standard InChI is InChI=1S/C47H66O10/c1-31(18-15-16-24-45(50)51)28-32(2)47-41-27-26-35(53-47)19-11-7-5-6-8-12-20-36(48)43-29-37(49)33(3)38(54-43)22-17-23-39-34(4)42-30-44(55-39)40(56-42)21-13-9-10-14-25-46(52)57-41/h7-14,17,21,23,25-28,31,33-44,47-49H,5-6,15-16,18-20,22,24,29-30H2,1-4H3,(H,50,51)/b10-9?,11-7?,12-8+,21-13?,23-17?,25-14+,32-28+. The maximum absolute atomic E-state index is 13.0. The Labute approximate surface area is 339 Å². The Balaban J connectivity index is 1.27. The molecule has 7 bridgehead atoms. The first kappa shape index (κ1) is 44.7. The number of aliphatic hydroxyl groups excluding tert-OH is 2. The van der Waals surface area contributed by atoms with Crippen molar-refractivity contribution in [3.8, 4) is 0 Å². The lowest BCUT2D eigenvalue weighted by Crippen LogP contribution is -2.47. The van der Waals surface area contributed by atoms with Crippen LogP contribution in [-0.2, 0) is 33.3 Å². The van der Waals surface area contributed by atoms with Crippen LogP contribution in [0.25, 0.3) is 0 Å². The fraction of sp³-hybridized carbons (Fsp3) is 0.617. The molecule has 6 aliphatic heterocycles. The van der Waals surface area contributed by atoms with Crippen LogP contribution in [0.3, 0.4) is 0 Å². The van der Waals surface area contributed by atoms with Gasteiger partial charge in [0.2, 0.25) is 0 Å². The van der Waals surface area contributed by atoms with Crippen LogP contribution in [0.1, 0.15) is 98.3 Å². The quantitative estimate of drug-likeness (QED) is 0.133. The number of carbonyl (C=O) groups is 2. The summed E-state index contributed by atoms with van der Waals surface area (Å²) in [5, 5.41) is 30.9. The van der Waals surface area contributed by atoms with E-state index in [-0.39, 0.29) is 60.8 Å². The summed E-state index contributed by atoms with van der Waals surface area (Å²) in [6.45, 7) is 8.27. The highest BCUT2D eigenvalue weighted by Crippen LogP contribution is 2.38. The summed E-state index contributed by atoms with van der Waals surface area (Å²) in [4.78, 5) is 23.9. The maximum Gasteiger partial charge on any atom is 0.331 e. The molecule has 10 nitrogen and oxygen atoms in total. The number of carboxylic acid groups (broad SMARTS) is 1. The van der Waals surface area contributed by atoms with Crippen LogP contribution in [0.2, 0.25) is 0 Å². The molecule has 0 aliphatic carbocycles. The van der Waals surface area contributed by atoms with Crippen LogP contribution in [0.5, 0.6) is 0 Å². The highest BCUT2D eigenvalue weighted by molar-refractivity contribution is 5.82. The average Bonchev–Trinajstić information content (AvgIpc) is 3.53. The van der Waals surface area contributed by atoms with Crippen molar-refractivity contribution >= 4 is 11.9 Å². The van der Waals surface area contributed by atoms with E-state index in [9.17, 15) is 19.8 Å². The molecule has 0 aromatic rings. The molecule has 6 aliphatic rings. The molecule has 0 saturated carbocycles. The topological polar surface area (TPSA) is 141 Å². The maximum atomic E-state index is 13.0. The van der Waals surface area contributed by atoms with Crippen molar-refractivity contribution in [1.29, 1.82) is 0 Å². The Hall–Kier alpha value is -3.38. The van der Waals surface area contributed by atoms with Crippen molar-refractivity contribution < 1.29 is 48.6 Å². The molecular weight excluding hydrogens is 725 g/mol. The number of carbonyl (C=O) groups excluding carboxylic acids is 1. The van der Waals surface area contributed by atoms with Crippen molar-refractivity contribution in [1.82, 2.24) is 0 Å². The molecule has 6 rings (SSSR count). The highest BCUT2D eigenvalue weighted by Gasteiger charge is 2.45. The first-order chi connectivity index (χ1) is 27.5. The lowest BCUT2D eigenvalue weighted by molar-refractivity contribution is -0.162. The van der Waals surface area contributed by atoms with Crippen molar-refractivity contribution in [3.63, 3.8) is 0 Å². The highest BCUT2D eigenvalue weighted by atomic mass is 16.6. The van der Waals surface area contributed by atoms with Crippen molar-refractivity contribution in [2.24, 2.45) is 17.8 Å².